The Morgan fingerprint density at radius 1 is 1.28 bits per heavy atom. The molecule has 1 rings (SSSR count). The van der Waals surface area contributed by atoms with E-state index in [0.29, 0.717) is 12.0 Å². The molecule has 1 fully saturated rings. The summed E-state index contributed by atoms with van der Waals surface area (Å²) in [4.78, 5) is 2.33. The Kier molecular flexibility index (Phi) is 5.63. The van der Waals surface area contributed by atoms with Crippen LogP contribution >= 0.6 is 0 Å². The molecule has 0 aliphatic heterocycles. The average Bonchev–Trinajstić information content (AvgIpc) is 2.33. The van der Waals surface area contributed by atoms with Crippen LogP contribution in [0.5, 0.6) is 0 Å². The quantitative estimate of drug-likeness (QED) is 0.586. The molecule has 0 radical (unpaired) electrons. The molecule has 5 atom stereocenters. The lowest BCUT2D eigenvalue weighted by Crippen LogP contribution is -2.62. The largest absolute Gasteiger partial charge is 0.302 e. The van der Waals surface area contributed by atoms with Crippen LogP contribution < -0.4 is 11.3 Å². The lowest BCUT2D eigenvalue weighted by atomic mass is 9.68. The summed E-state index contributed by atoms with van der Waals surface area (Å²) in [5.74, 6) is 8.30. The summed E-state index contributed by atoms with van der Waals surface area (Å²) in [6.07, 6.45) is 5.08. The second kappa shape index (κ2) is 6.36. The first kappa shape index (κ1) is 15.9. The number of hydrogen-bond donors (Lipinski definition) is 2. The molecule has 1 saturated carbocycles. The zero-order valence-electron chi connectivity index (χ0n) is 13.2. The number of nitrogens with two attached hydrogens (primary N) is 1. The van der Waals surface area contributed by atoms with Gasteiger partial charge < -0.3 is 4.90 Å². The van der Waals surface area contributed by atoms with Gasteiger partial charge in [0.15, 0.2) is 0 Å². The van der Waals surface area contributed by atoms with Crippen molar-refractivity contribution in [1.29, 1.82) is 0 Å². The fourth-order valence-corrected chi connectivity index (χ4v) is 3.53. The molecule has 0 spiro atoms. The number of hydrogen-bond acceptors (Lipinski definition) is 3. The summed E-state index contributed by atoms with van der Waals surface area (Å²) in [6.45, 7) is 9.37. The molecule has 3 heteroatoms. The molecule has 3 N–H and O–H groups in total. The van der Waals surface area contributed by atoms with Crippen LogP contribution in [-0.4, -0.2) is 30.6 Å². The zero-order chi connectivity index (χ0) is 13.9. The first-order chi connectivity index (χ1) is 8.36. The predicted octanol–water partition coefficient (Wildman–Crippen LogP) is 2.62. The van der Waals surface area contributed by atoms with Crippen LogP contribution in [0.2, 0.25) is 0 Å². The molecule has 5 unspecified atom stereocenters. The molecule has 1 aliphatic rings. The van der Waals surface area contributed by atoms with E-state index >= 15 is 0 Å². The van der Waals surface area contributed by atoms with Crippen LogP contribution in [0.3, 0.4) is 0 Å². The van der Waals surface area contributed by atoms with Crippen molar-refractivity contribution in [3.8, 4) is 0 Å². The predicted molar refractivity (Wildman–Crippen MR) is 79.2 cm³/mol. The van der Waals surface area contributed by atoms with E-state index in [4.69, 9.17) is 5.84 Å². The molecule has 3 nitrogen and oxygen atoms in total. The summed E-state index contributed by atoms with van der Waals surface area (Å²) in [5, 5.41) is 0. The second-order valence-corrected chi connectivity index (χ2v) is 6.78. The molecule has 18 heavy (non-hydrogen) atoms. The van der Waals surface area contributed by atoms with Crippen LogP contribution in [0.1, 0.15) is 53.4 Å². The van der Waals surface area contributed by atoms with E-state index in [1.54, 1.807) is 0 Å². The summed E-state index contributed by atoms with van der Waals surface area (Å²) in [5.41, 5.74) is 3.28. The van der Waals surface area contributed by atoms with E-state index in [1.807, 2.05) is 0 Å². The fourth-order valence-electron chi connectivity index (χ4n) is 3.53. The molecule has 108 valence electrons. The normalized spacial score (nSPS) is 34.3. The van der Waals surface area contributed by atoms with Crippen molar-refractivity contribution in [2.45, 2.75) is 65.0 Å². The van der Waals surface area contributed by atoms with Gasteiger partial charge in [-0.05, 0) is 58.0 Å². The van der Waals surface area contributed by atoms with Crippen molar-refractivity contribution in [2.24, 2.45) is 23.6 Å². The van der Waals surface area contributed by atoms with Gasteiger partial charge in [0.1, 0.15) is 0 Å². The maximum Gasteiger partial charge on any atom is 0.0420 e. The minimum atomic E-state index is 0.139. The fraction of sp³-hybridized carbons (Fsp3) is 1.00. The molecule has 0 amide bonds. The van der Waals surface area contributed by atoms with Gasteiger partial charge in [0.05, 0.1) is 0 Å². The van der Waals surface area contributed by atoms with Crippen molar-refractivity contribution in [3.05, 3.63) is 0 Å². The molecule has 0 saturated heterocycles. The molecule has 0 bridgehead atoms. The van der Waals surface area contributed by atoms with E-state index in [-0.39, 0.29) is 5.54 Å². The van der Waals surface area contributed by atoms with Gasteiger partial charge >= 0.3 is 0 Å². The SMILES string of the molecule is CCC(C)(C(NN)C1CCC(C)C(C)C1)N(C)C. The first-order valence-electron chi connectivity index (χ1n) is 7.50. The topological polar surface area (TPSA) is 41.3 Å². The van der Waals surface area contributed by atoms with Crippen LogP contribution in [0, 0.1) is 17.8 Å². The minimum Gasteiger partial charge on any atom is -0.302 e. The molecule has 1 aliphatic carbocycles. The number of rotatable bonds is 5. The van der Waals surface area contributed by atoms with Crippen LogP contribution in [0.4, 0.5) is 0 Å². The lowest BCUT2D eigenvalue weighted by Gasteiger charge is -2.48. The third-order valence-corrected chi connectivity index (χ3v) is 5.70. The molecule has 0 aromatic carbocycles. The van der Waals surface area contributed by atoms with Gasteiger partial charge in [-0.3, -0.25) is 11.3 Å². The molecule has 0 heterocycles. The monoisotopic (exact) mass is 255 g/mol. The third kappa shape index (κ3) is 3.06. The van der Waals surface area contributed by atoms with Crippen molar-refractivity contribution in [1.82, 2.24) is 10.3 Å². The highest BCUT2D eigenvalue weighted by atomic mass is 15.3. The van der Waals surface area contributed by atoms with Gasteiger partial charge in [0, 0.05) is 11.6 Å². The lowest BCUT2D eigenvalue weighted by molar-refractivity contribution is 0.0508. The number of likely N-dealkylation sites (N-methyl/N-ethyl adjacent to an activating group) is 1. The van der Waals surface area contributed by atoms with Gasteiger partial charge in [0.25, 0.3) is 0 Å². The Morgan fingerprint density at radius 3 is 2.28 bits per heavy atom. The number of hydrazine groups is 1. The number of nitrogens with zero attached hydrogens (tertiary/aromatic N) is 1. The van der Waals surface area contributed by atoms with Gasteiger partial charge in [-0.2, -0.15) is 0 Å². The minimum absolute atomic E-state index is 0.139. The van der Waals surface area contributed by atoms with Crippen molar-refractivity contribution in [3.63, 3.8) is 0 Å². The van der Waals surface area contributed by atoms with Crippen molar-refractivity contribution < 1.29 is 0 Å². The highest BCUT2D eigenvalue weighted by molar-refractivity contribution is 4.98. The van der Waals surface area contributed by atoms with Crippen molar-refractivity contribution >= 4 is 0 Å². The van der Waals surface area contributed by atoms with Crippen molar-refractivity contribution in [2.75, 3.05) is 14.1 Å². The highest BCUT2D eigenvalue weighted by Gasteiger charge is 2.41. The average molecular weight is 255 g/mol. The van der Waals surface area contributed by atoms with E-state index in [2.05, 4.69) is 52.1 Å². The van der Waals surface area contributed by atoms with E-state index in [9.17, 15) is 0 Å². The van der Waals surface area contributed by atoms with E-state index in [1.165, 1.54) is 19.3 Å². The maximum atomic E-state index is 5.91. The molecule has 0 aromatic heterocycles. The highest BCUT2D eigenvalue weighted by Crippen LogP contribution is 2.39. The van der Waals surface area contributed by atoms with Gasteiger partial charge in [0.2, 0.25) is 0 Å². The van der Waals surface area contributed by atoms with Crippen LogP contribution in [0.15, 0.2) is 0 Å². The summed E-state index contributed by atoms with van der Waals surface area (Å²) in [6, 6.07) is 0.382. The van der Waals surface area contributed by atoms with Crippen LogP contribution in [0.25, 0.3) is 0 Å². The molecular formula is C15H33N3. The van der Waals surface area contributed by atoms with Gasteiger partial charge in [-0.25, -0.2) is 0 Å². The van der Waals surface area contributed by atoms with Crippen LogP contribution in [-0.2, 0) is 0 Å². The zero-order valence-corrected chi connectivity index (χ0v) is 13.2. The second-order valence-electron chi connectivity index (χ2n) is 6.78. The number of nitrogens with one attached hydrogen (secondary N) is 1. The Balaban J connectivity index is 2.83. The van der Waals surface area contributed by atoms with Gasteiger partial charge in [-0.1, -0.05) is 27.2 Å². The summed E-state index contributed by atoms with van der Waals surface area (Å²) in [7, 11) is 4.34. The maximum absolute atomic E-state index is 5.91. The Hall–Kier alpha value is -0.120. The standard InChI is InChI=1S/C15H33N3/c1-7-15(4,18(5)6)14(17-16)13-9-8-11(2)12(3)10-13/h11-14,17H,7-10,16H2,1-6H3. The third-order valence-electron chi connectivity index (χ3n) is 5.70. The molecule has 0 aromatic rings. The summed E-state index contributed by atoms with van der Waals surface area (Å²) >= 11 is 0. The Bertz CT molecular complexity index is 254. The first-order valence-corrected chi connectivity index (χ1v) is 7.50. The molecular weight excluding hydrogens is 222 g/mol. The smallest absolute Gasteiger partial charge is 0.0420 e. The summed E-state index contributed by atoms with van der Waals surface area (Å²) < 4.78 is 0. The Labute approximate surface area is 113 Å². The Morgan fingerprint density at radius 2 is 1.89 bits per heavy atom. The van der Waals surface area contributed by atoms with Gasteiger partial charge in [-0.15, -0.1) is 0 Å². The van der Waals surface area contributed by atoms with E-state index in [0.717, 1.165) is 18.3 Å². The van der Waals surface area contributed by atoms with E-state index < -0.39 is 0 Å².